The number of nitrogen functional groups attached to an aromatic ring is 1. The Morgan fingerprint density at radius 1 is 1.20 bits per heavy atom. The number of hydrogen-bond acceptors (Lipinski definition) is 6. The smallest absolute Gasteiger partial charge is 0.405 e. The number of halogens is 3. The Kier molecular flexibility index (Phi) is 4.67. The number of hydrogen-bond donors (Lipinski definition) is 3. The molecule has 3 rings (SSSR count). The zero-order valence-corrected chi connectivity index (χ0v) is 13.3. The highest BCUT2D eigenvalue weighted by molar-refractivity contribution is 5.44. The standard InChI is InChI=1S/C16H18F3N5O/c17-16(18,19)25-13-4-2-1-3-9(13)8-22-14-7-12(23-15(21)24-14)10-5-11(20)6-10/h1-4,7,10-11H,5-6,8,20H2,(H3,21,22,23,24). The normalized spacial score (nSPS) is 20.0. The van der Waals surface area contributed by atoms with E-state index in [1.54, 1.807) is 18.2 Å². The van der Waals surface area contributed by atoms with E-state index in [2.05, 4.69) is 20.0 Å². The number of aromatic nitrogens is 2. The van der Waals surface area contributed by atoms with Crippen LogP contribution in [0.15, 0.2) is 30.3 Å². The summed E-state index contributed by atoms with van der Waals surface area (Å²) in [6.07, 6.45) is -3.08. The molecule has 1 aliphatic rings. The lowest BCUT2D eigenvalue weighted by atomic mass is 9.78. The van der Waals surface area contributed by atoms with Crippen LogP contribution in [-0.2, 0) is 6.54 Å². The Bertz CT molecular complexity index is 747. The van der Waals surface area contributed by atoms with Gasteiger partial charge in [0, 0.05) is 30.1 Å². The molecule has 1 saturated carbocycles. The van der Waals surface area contributed by atoms with Crippen molar-refractivity contribution in [3.8, 4) is 5.75 Å². The van der Waals surface area contributed by atoms with Crippen LogP contribution in [0.25, 0.3) is 0 Å². The number of nitrogens with zero attached hydrogens (tertiary/aromatic N) is 2. The maximum absolute atomic E-state index is 12.5. The van der Waals surface area contributed by atoms with Crippen LogP contribution in [0.4, 0.5) is 24.9 Å². The van der Waals surface area contributed by atoms with Crippen molar-refractivity contribution in [1.82, 2.24) is 9.97 Å². The van der Waals surface area contributed by atoms with E-state index in [1.807, 2.05) is 0 Å². The molecule has 0 amide bonds. The number of nitrogens with two attached hydrogens (primary N) is 2. The van der Waals surface area contributed by atoms with Gasteiger partial charge < -0.3 is 21.5 Å². The van der Waals surface area contributed by atoms with Gasteiger partial charge in [-0.25, -0.2) is 4.98 Å². The molecular formula is C16H18F3N5O. The predicted octanol–water partition coefficient (Wildman–Crippen LogP) is 2.77. The van der Waals surface area contributed by atoms with Gasteiger partial charge in [-0.2, -0.15) is 4.98 Å². The van der Waals surface area contributed by atoms with E-state index >= 15 is 0 Å². The van der Waals surface area contributed by atoms with Gasteiger partial charge in [-0.05, 0) is 18.9 Å². The number of benzene rings is 1. The average molecular weight is 353 g/mol. The summed E-state index contributed by atoms with van der Waals surface area (Å²) < 4.78 is 41.4. The Morgan fingerprint density at radius 2 is 1.92 bits per heavy atom. The van der Waals surface area contributed by atoms with E-state index in [1.165, 1.54) is 12.1 Å². The van der Waals surface area contributed by atoms with Crippen molar-refractivity contribution in [2.75, 3.05) is 11.1 Å². The minimum absolute atomic E-state index is 0.103. The first kappa shape index (κ1) is 17.3. The Hall–Kier alpha value is -2.55. The lowest BCUT2D eigenvalue weighted by Gasteiger charge is -2.32. The van der Waals surface area contributed by atoms with E-state index in [4.69, 9.17) is 11.5 Å². The van der Waals surface area contributed by atoms with Crippen LogP contribution >= 0.6 is 0 Å². The van der Waals surface area contributed by atoms with Gasteiger partial charge in [0.25, 0.3) is 0 Å². The maximum atomic E-state index is 12.5. The minimum Gasteiger partial charge on any atom is -0.405 e. The van der Waals surface area contributed by atoms with Crippen molar-refractivity contribution in [1.29, 1.82) is 0 Å². The first-order valence-corrected chi connectivity index (χ1v) is 7.78. The highest BCUT2D eigenvalue weighted by Gasteiger charge is 2.32. The molecule has 1 fully saturated rings. The van der Waals surface area contributed by atoms with E-state index in [-0.39, 0.29) is 30.2 Å². The van der Waals surface area contributed by atoms with E-state index in [0.29, 0.717) is 11.4 Å². The zero-order valence-electron chi connectivity index (χ0n) is 13.3. The summed E-state index contributed by atoms with van der Waals surface area (Å²) in [7, 11) is 0. The third-order valence-corrected chi connectivity index (χ3v) is 4.01. The average Bonchev–Trinajstić information content (AvgIpc) is 2.49. The van der Waals surface area contributed by atoms with Gasteiger partial charge in [-0.3, -0.25) is 0 Å². The number of nitrogens with one attached hydrogen (secondary N) is 1. The lowest BCUT2D eigenvalue weighted by Crippen LogP contribution is -2.35. The monoisotopic (exact) mass is 353 g/mol. The van der Waals surface area contributed by atoms with Crippen molar-refractivity contribution in [2.45, 2.75) is 37.7 Å². The Balaban J connectivity index is 1.72. The van der Waals surface area contributed by atoms with Crippen molar-refractivity contribution in [3.63, 3.8) is 0 Å². The fraction of sp³-hybridized carbons (Fsp3) is 0.375. The summed E-state index contributed by atoms with van der Waals surface area (Å²) in [5.74, 6) is 0.543. The van der Waals surface area contributed by atoms with Gasteiger partial charge >= 0.3 is 6.36 Å². The molecule has 0 aliphatic heterocycles. The fourth-order valence-corrected chi connectivity index (χ4v) is 2.75. The first-order chi connectivity index (χ1) is 11.8. The fourth-order valence-electron chi connectivity index (χ4n) is 2.75. The molecule has 1 aliphatic carbocycles. The summed E-state index contributed by atoms with van der Waals surface area (Å²) in [6, 6.07) is 7.84. The Morgan fingerprint density at radius 3 is 2.60 bits per heavy atom. The minimum atomic E-state index is -4.74. The topological polar surface area (TPSA) is 99.1 Å². The molecule has 2 aromatic rings. The number of ether oxygens (including phenoxy) is 1. The maximum Gasteiger partial charge on any atom is 0.573 e. The van der Waals surface area contributed by atoms with Crippen LogP contribution < -0.4 is 21.5 Å². The zero-order chi connectivity index (χ0) is 18.0. The molecule has 0 atom stereocenters. The van der Waals surface area contributed by atoms with Gasteiger partial charge in [-0.15, -0.1) is 13.2 Å². The van der Waals surface area contributed by atoms with Crippen LogP contribution in [0.1, 0.15) is 30.0 Å². The van der Waals surface area contributed by atoms with Crippen molar-refractivity contribution in [3.05, 3.63) is 41.6 Å². The first-order valence-electron chi connectivity index (χ1n) is 7.78. The summed E-state index contributed by atoms with van der Waals surface area (Å²) in [5.41, 5.74) is 12.7. The second kappa shape index (κ2) is 6.75. The molecule has 0 saturated heterocycles. The molecule has 1 heterocycles. The number of rotatable bonds is 5. The lowest BCUT2D eigenvalue weighted by molar-refractivity contribution is -0.274. The summed E-state index contributed by atoms with van der Waals surface area (Å²) in [5, 5.41) is 2.97. The molecule has 0 bridgehead atoms. The van der Waals surface area contributed by atoms with Crippen LogP contribution in [0.5, 0.6) is 5.75 Å². The molecule has 5 N–H and O–H groups in total. The third kappa shape index (κ3) is 4.50. The molecule has 25 heavy (non-hydrogen) atoms. The number of para-hydroxylation sites is 1. The summed E-state index contributed by atoms with van der Waals surface area (Å²) >= 11 is 0. The number of anilines is 2. The van der Waals surface area contributed by atoms with E-state index in [0.717, 1.165) is 18.5 Å². The number of alkyl halides is 3. The highest BCUT2D eigenvalue weighted by Crippen LogP contribution is 2.35. The van der Waals surface area contributed by atoms with Crippen LogP contribution in [0.3, 0.4) is 0 Å². The summed E-state index contributed by atoms with van der Waals surface area (Å²) in [4.78, 5) is 8.28. The largest absolute Gasteiger partial charge is 0.573 e. The van der Waals surface area contributed by atoms with Crippen LogP contribution in [-0.4, -0.2) is 22.4 Å². The molecular weight excluding hydrogens is 335 g/mol. The van der Waals surface area contributed by atoms with Crippen molar-refractivity contribution >= 4 is 11.8 Å². The van der Waals surface area contributed by atoms with Crippen LogP contribution in [0.2, 0.25) is 0 Å². The molecule has 6 nitrogen and oxygen atoms in total. The third-order valence-electron chi connectivity index (χ3n) is 4.01. The van der Waals surface area contributed by atoms with Crippen molar-refractivity contribution < 1.29 is 17.9 Å². The molecule has 0 spiro atoms. The van der Waals surface area contributed by atoms with Crippen molar-refractivity contribution in [2.24, 2.45) is 5.73 Å². The predicted molar refractivity (Wildman–Crippen MR) is 86.8 cm³/mol. The van der Waals surface area contributed by atoms with Gasteiger partial charge in [-0.1, -0.05) is 18.2 Å². The summed E-state index contributed by atoms with van der Waals surface area (Å²) in [6.45, 7) is 0.103. The second-order valence-corrected chi connectivity index (χ2v) is 5.97. The molecule has 134 valence electrons. The van der Waals surface area contributed by atoms with Crippen LogP contribution in [0, 0.1) is 0 Å². The Labute approximate surface area is 142 Å². The molecule has 0 radical (unpaired) electrons. The SMILES string of the molecule is Nc1nc(NCc2ccccc2OC(F)(F)F)cc(C2CC(N)C2)n1. The second-order valence-electron chi connectivity index (χ2n) is 5.97. The van der Waals surface area contributed by atoms with E-state index < -0.39 is 6.36 Å². The van der Waals surface area contributed by atoms with E-state index in [9.17, 15) is 13.2 Å². The van der Waals surface area contributed by atoms with Gasteiger partial charge in [0.1, 0.15) is 11.6 Å². The molecule has 0 unspecified atom stereocenters. The quantitative estimate of drug-likeness (QED) is 0.764. The molecule has 1 aromatic carbocycles. The van der Waals surface area contributed by atoms with Gasteiger partial charge in [0.15, 0.2) is 0 Å². The molecule has 1 aromatic heterocycles. The highest BCUT2D eigenvalue weighted by atomic mass is 19.4. The van der Waals surface area contributed by atoms with Gasteiger partial charge in [0.2, 0.25) is 5.95 Å². The van der Waals surface area contributed by atoms with Gasteiger partial charge in [0.05, 0.1) is 5.69 Å². The molecule has 9 heteroatoms.